The summed E-state index contributed by atoms with van der Waals surface area (Å²) < 4.78 is 5.26. The van der Waals surface area contributed by atoms with Crippen molar-refractivity contribution >= 4 is 41.3 Å². The molecule has 0 aliphatic rings. The van der Waals surface area contributed by atoms with Crippen molar-refractivity contribution in [3.8, 4) is 0 Å². The molecule has 0 fully saturated rings. The highest BCUT2D eigenvalue weighted by Gasteiger charge is 2.01. The van der Waals surface area contributed by atoms with Crippen LogP contribution in [0, 0.1) is 0 Å². The summed E-state index contributed by atoms with van der Waals surface area (Å²) in [6, 6.07) is 0. The maximum Gasteiger partial charge on any atom is 0.191 e. The van der Waals surface area contributed by atoms with Crippen LogP contribution < -0.4 is 10.6 Å². The van der Waals surface area contributed by atoms with Crippen LogP contribution in [0.5, 0.6) is 0 Å². The second kappa shape index (κ2) is 12.3. The van der Waals surface area contributed by atoms with Gasteiger partial charge < -0.3 is 15.4 Å². The van der Waals surface area contributed by atoms with Gasteiger partial charge in [0.05, 0.1) is 11.6 Å². The summed E-state index contributed by atoms with van der Waals surface area (Å²) >= 11 is 1.79. The van der Waals surface area contributed by atoms with Crippen molar-refractivity contribution in [1.82, 2.24) is 15.6 Å². The molecule has 1 aromatic heterocycles. The zero-order valence-electron chi connectivity index (χ0n) is 12.4. The lowest BCUT2D eigenvalue weighted by Gasteiger charge is -2.11. The van der Waals surface area contributed by atoms with E-state index in [0.29, 0.717) is 6.61 Å². The van der Waals surface area contributed by atoms with Gasteiger partial charge in [-0.2, -0.15) is 0 Å². The van der Waals surface area contributed by atoms with E-state index in [2.05, 4.69) is 27.5 Å². The summed E-state index contributed by atoms with van der Waals surface area (Å²) in [4.78, 5) is 9.90. The fourth-order valence-electron chi connectivity index (χ4n) is 1.52. The van der Waals surface area contributed by atoms with Gasteiger partial charge in [-0.05, 0) is 13.3 Å². The summed E-state index contributed by atoms with van der Waals surface area (Å²) in [5, 5.41) is 7.65. The lowest BCUT2D eigenvalue weighted by atomic mass is 10.4. The largest absolute Gasteiger partial charge is 0.380 e. The number of ether oxygens (including phenoxy) is 1. The van der Waals surface area contributed by atoms with Crippen molar-refractivity contribution in [2.45, 2.75) is 26.7 Å². The molecule has 5 nitrogen and oxygen atoms in total. The number of halogens is 1. The van der Waals surface area contributed by atoms with Crippen molar-refractivity contribution < 1.29 is 4.74 Å². The SMILES string of the molecule is CCOCCNC(=NC)NCCc1ncc(CC)s1.I. The molecule has 0 atom stereocenters. The number of thiazole rings is 1. The monoisotopic (exact) mass is 412 g/mol. The predicted molar refractivity (Wildman–Crippen MR) is 96.5 cm³/mol. The lowest BCUT2D eigenvalue weighted by Crippen LogP contribution is -2.39. The van der Waals surface area contributed by atoms with Crippen molar-refractivity contribution in [2.24, 2.45) is 4.99 Å². The van der Waals surface area contributed by atoms with Gasteiger partial charge in [0.25, 0.3) is 0 Å². The molecule has 116 valence electrons. The van der Waals surface area contributed by atoms with E-state index in [9.17, 15) is 0 Å². The molecule has 2 N–H and O–H groups in total. The van der Waals surface area contributed by atoms with Gasteiger partial charge in [-0.25, -0.2) is 4.98 Å². The van der Waals surface area contributed by atoms with Crippen LogP contribution in [-0.4, -0.2) is 44.3 Å². The van der Waals surface area contributed by atoms with Gasteiger partial charge in [0.15, 0.2) is 5.96 Å². The standard InChI is InChI=1S/C13H24N4OS.HI/c1-4-11-10-17-12(19-11)6-7-15-13(14-3)16-8-9-18-5-2;/h10H,4-9H2,1-3H3,(H2,14,15,16);1H. The predicted octanol–water partition coefficient (Wildman–Crippen LogP) is 2.07. The maximum atomic E-state index is 5.26. The number of hydrogen-bond acceptors (Lipinski definition) is 4. The van der Waals surface area contributed by atoms with Crippen molar-refractivity contribution in [3.05, 3.63) is 16.1 Å². The second-order valence-electron chi connectivity index (χ2n) is 3.95. The molecule has 0 aromatic carbocycles. The lowest BCUT2D eigenvalue weighted by molar-refractivity contribution is 0.152. The first kappa shape index (κ1) is 19.6. The first-order chi connectivity index (χ1) is 9.30. The number of aromatic nitrogens is 1. The number of nitrogens with one attached hydrogen (secondary N) is 2. The Morgan fingerprint density at radius 3 is 2.70 bits per heavy atom. The average Bonchev–Trinajstić information content (AvgIpc) is 2.89. The van der Waals surface area contributed by atoms with Crippen LogP contribution in [0.2, 0.25) is 0 Å². The minimum atomic E-state index is 0. The third-order valence-corrected chi connectivity index (χ3v) is 3.75. The molecule has 20 heavy (non-hydrogen) atoms. The van der Waals surface area contributed by atoms with E-state index in [4.69, 9.17) is 4.74 Å². The van der Waals surface area contributed by atoms with Crippen LogP contribution in [0.4, 0.5) is 0 Å². The Hall–Kier alpha value is -0.410. The van der Waals surface area contributed by atoms with Crippen LogP contribution in [0.3, 0.4) is 0 Å². The van der Waals surface area contributed by atoms with E-state index in [1.54, 1.807) is 18.4 Å². The zero-order valence-corrected chi connectivity index (χ0v) is 15.6. The quantitative estimate of drug-likeness (QED) is 0.297. The van der Waals surface area contributed by atoms with Crippen molar-refractivity contribution in [2.75, 3.05) is 33.4 Å². The van der Waals surface area contributed by atoms with Gasteiger partial charge in [-0.1, -0.05) is 6.92 Å². The fraction of sp³-hybridized carbons (Fsp3) is 0.692. The molecule has 0 amide bonds. The van der Waals surface area contributed by atoms with E-state index in [1.165, 1.54) is 9.88 Å². The number of nitrogens with zero attached hydrogens (tertiary/aromatic N) is 2. The summed E-state index contributed by atoms with van der Waals surface area (Å²) in [5.41, 5.74) is 0. The van der Waals surface area contributed by atoms with Crippen molar-refractivity contribution in [1.29, 1.82) is 0 Å². The Morgan fingerprint density at radius 2 is 2.10 bits per heavy atom. The molecule has 1 aromatic rings. The molecule has 0 aliphatic carbocycles. The fourth-order valence-corrected chi connectivity index (χ4v) is 2.38. The van der Waals surface area contributed by atoms with Crippen LogP contribution in [0.15, 0.2) is 11.2 Å². The molecule has 0 spiro atoms. The van der Waals surface area contributed by atoms with Gasteiger partial charge in [-0.3, -0.25) is 4.99 Å². The summed E-state index contributed by atoms with van der Waals surface area (Å²) in [6.07, 6.45) is 3.96. The molecule has 1 heterocycles. The van der Waals surface area contributed by atoms with E-state index in [0.717, 1.165) is 38.5 Å². The molecule has 0 radical (unpaired) electrons. The molecule has 0 bridgehead atoms. The molecule has 0 unspecified atom stereocenters. The Labute approximate surface area is 142 Å². The highest BCUT2D eigenvalue weighted by Crippen LogP contribution is 2.13. The van der Waals surface area contributed by atoms with E-state index >= 15 is 0 Å². The van der Waals surface area contributed by atoms with Crippen LogP contribution in [-0.2, 0) is 17.6 Å². The number of rotatable bonds is 8. The van der Waals surface area contributed by atoms with E-state index < -0.39 is 0 Å². The summed E-state index contributed by atoms with van der Waals surface area (Å²) in [5.74, 6) is 0.812. The van der Waals surface area contributed by atoms with Crippen LogP contribution in [0.25, 0.3) is 0 Å². The Kier molecular flexibility index (Phi) is 12.1. The molecule has 0 saturated carbocycles. The third kappa shape index (κ3) is 8.01. The highest BCUT2D eigenvalue weighted by atomic mass is 127. The maximum absolute atomic E-state index is 5.26. The number of guanidine groups is 1. The molecule has 0 saturated heterocycles. The number of hydrogen-bond donors (Lipinski definition) is 2. The Morgan fingerprint density at radius 1 is 1.35 bits per heavy atom. The number of aliphatic imine (C=N–C) groups is 1. The molecular formula is C13H25IN4OS. The Balaban J connectivity index is 0.00000361. The van der Waals surface area contributed by atoms with Gasteiger partial charge in [-0.15, -0.1) is 35.3 Å². The van der Waals surface area contributed by atoms with Gasteiger partial charge >= 0.3 is 0 Å². The molecule has 1 rings (SSSR count). The minimum Gasteiger partial charge on any atom is -0.380 e. The van der Waals surface area contributed by atoms with Crippen LogP contribution in [0.1, 0.15) is 23.7 Å². The number of aryl methyl sites for hydroxylation is 1. The van der Waals surface area contributed by atoms with E-state index in [1.807, 2.05) is 13.1 Å². The van der Waals surface area contributed by atoms with Crippen LogP contribution >= 0.6 is 35.3 Å². The Bertz CT molecular complexity index is 384. The second-order valence-corrected chi connectivity index (χ2v) is 5.15. The third-order valence-electron chi connectivity index (χ3n) is 2.55. The van der Waals surface area contributed by atoms with Gasteiger partial charge in [0.1, 0.15) is 0 Å². The van der Waals surface area contributed by atoms with E-state index in [-0.39, 0.29) is 24.0 Å². The molecule has 7 heteroatoms. The summed E-state index contributed by atoms with van der Waals surface area (Å²) in [7, 11) is 1.77. The summed E-state index contributed by atoms with van der Waals surface area (Å²) in [6.45, 7) is 7.20. The molecule has 0 aliphatic heterocycles. The highest BCUT2D eigenvalue weighted by molar-refractivity contribution is 14.0. The minimum absolute atomic E-state index is 0. The zero-order chi connectivity index (χ0) is 13.9. The smallest absolute Gasteiger partial charge is 0.191 e. The molecular weight excluding hydrogens is 387 g/mol. The topological polar surface area (TPSA) is 58.5 Å². The average molecular weight is 412 g/mol. The van der Waals surface area contributed by atoms with Gasteiger partial charge in [0, 0.05) is 44.2 Å². The first-order valence-corrected chi connectivity index (χ1v) is 7.57. The first-order valence-electron chi connectivity index (χ1n) is 6.76. The van der Waals surface area contributed by atoms with Gasteiger partial charge in [0.2, 0.25) is 0 Å². The van der Waals surface area contributed by atoms with Crippen molar-refractivity contribution in [3.63, 3.8) is 0 Å². The normalized spacial score (nSPS) is 11.1.